The zero-order valence-corrected chi connectivity index (χ0v) is 17.6. The van der Waals surface area contributed by atoms with Gasteiger partial charge in [-0.3, -0.25) is 10.3 Å². The Balaban J connectivity index is 1.73. The molecule has 2 N–H and O–H groups in total. The van der Waals surface area contributed by atoms with Crippen LogP contribution < -0.4 is 14.8 Å². The fraction of sp³-hybridized carbons (Fsp3) is 0.208. The van der Waals surface area contributed by atoms with Gasteiger partial charge in [-0.25, -0.2) is 0 Å². The summed E-state index contributed by atoms with van der Waals surface area (Å²) in [7, 11) is 3.29. The van der Waals surface area contributed by atoms with Gasteiger partial charge in [-0.05, 0) is 65.7 Å². The Morgan fingerprint density at radius 2 is 1.57 bits per heavy atom. The molecule has 154 valence electrons. The lowest BCUT2D eigenvalue weighted by molar-refractivity contribution is 0.408. The van der Waals surface area contributed by atoms with Gasteiger partial charge in [-0.2, -0.15) is 0 Å². The van der Waals surface area contributed by atoms with Gasteiger partial charge in [0.25, 0.3) is 0 Å². The van der Waals surface area contributed by atoms with Crippen LogP contribution in [0.2, 0.25) is 5.02 Å². The first-order valence-corrected chi connectivity index (χ1v) is 10.0. The molecule has 1 aliphatic heterocycles. The second-order valence-corrected chi connectivity index (χ2v) is 7.54. The predicted octanol–water partition coefficient (Wildman–Crippen LogP) is 5.29. The first kappa shape index (κ1) is 20.3. The van der Waals surface area contributed by atoms with Crippen molar-refractivity contribution in [1.82, 2.24) is 5.32 Å². The number of phenols is 1. The molecule has 0 radical (unpaired) electrons. The summed E-state index contributed by atoms with van der Waals surface area (Å²) < 4.78 is 10.5. The number of nitrogens with zero attached hydrogens (tertiary/aromatic N) is 1. The summed E-state index contributed by atoms with van der Waals surface area (Å²) in [4.78, 5) is 4.97. The molecular weight excluding hydrogens is 400 g/mol. The third-order valence-electron chi connectivity index (χ3n) is 5.26. The number of phenolic OH excluding ortho intramolecular Hbond substituents is 1. The summed E-state index contributed by atoms with van der Waals surface area (Å²) in [5.41, 5.74) is 3.72. The van der Waals surface area contributed by atoms with Crippen molar-refractivity contribution in [3.05, 3.63) is 88.4 Å². The fourth-order valence-corrected chi connectivity index (χ4v) is 3.81. The van der Waals surface area contributed by atoms with Crippen molar-refractivity contribution in [2.24, 2.45) is 4.99 Å². The number of hydrogen-bond donors (Lipinski definition) is 2. The van der Waals surface area contributed by atoms with Crippen LogP contribution in [0.4, 0.5) is 0 Å². The molecule has 1 heterocycles. The molecule has 30 heavy (non-hydrogen) atoms. The van der Waals surface area contributed by atoms with Gasteiger partial charge < -0.3 is 14.6 Å². The smallest absolute Gasteiger partial charge is 0.126 e. The number of aromatic hydroxyl groups is 1. The predicted molar refractivity (Wildman–Crippen MR) is 119 cm³/mol. The molecule has 0 fully saturated rings. The molecule has 0 saturated carbocycles. The van der Waals surface area contributed by atoms with Gasteiger partial charge in [-0.15, -0.1) is 0 Å². The summed E-state index contributed by atoms with van der Waals surface area (Å²) >= 11 is 6.21. The van der Waals surface area contributed by atoms with Crippen LogP contribution in [0.3, 0.4) is 0 Å². The Morgan fingerprint density at radius 3 is 2.20 bits per heavy atom. The molecule has 3 aromatic carbocycles. The van der Waals surface area contributed by atoms with E-state index >= 15 is 0 Å². The van der Waals surface area contributed by atoms with Crippen LogP contribution in [0.25, 0.3) is 0 Å². The summed E-state index contributed by atoms with van der Waals surface area (Å²) in [5, 5.41) is 14.6. The van der Waals surface area contributed by atoms with Gasteiger partial charge >= 0.3 is 0 Å². The number of rotatable bonds is 5. The van der Waals surface area contributed by atoms with Gasteiger partial charge in [0.1, 0.15) is 23.4 Å². The quantitative estimate of drug-likeness (QED) is 0.586. The van der Waals surface area contributed by atoms with Crippen LogP contribution in [0, 0.1) is 0 Å². The normalized spacial score (nSPS) is 18.6. The summed E-state index contributed by atoms with van der Waals surface area (Å²) in [6.45, 7) is 0. The maximum atomic E-state index is 10.5. The van der Waals surface area contributed by atoms with Gasteiger partial charge in [-0.1, -0.05) is 23.7 Å². The van der Waals surface area contributed by atoms with Crippen molar-refractivity contribution >= 4 is 17.3 Å². The Kier molecular flexibility index (Phi) is 5.93. The molecule has 0 amide bonds. The lowest BCUT2D eigenvalue weighted by Crippen LogP contribution is -2.33. The monoisotopic (exact) mass is 422 g/mol. The molecule has 0 bridgehead atoms. The number of ether oxygens (including phenoxy) is 2. The summed E-state index contributed by atoms with van der Waals surface area (Å²) in [6.07, 6.45) is 0.345. The average Bonchev–Trinajstić information content (AvgIpc) is 2.80. The van der Waals surface area contributed by atoms with Gasteiger partial charge in [0.15, 0.2) is 0 Å². The lowest BCUT2D eigenvalue weighted by atomic mass is 9.93. The number of halogens is 1. The molecule has 0 aromatic heterocycles. The van der Waals surface area contributed by atoms with Crippen molar-refractivity contribution in [2.75, 3.05) is 14.2 Å². The number of nitrogens with one attached hydrogen (secondary N) is 1. The summed E-state index contributed by atoms with van der Waals surface area (Å²) in [6, 6.07) is 20.6. The van der Waals surface area contributed by atoms with Crippen LogP contribution in [-0.4, -0.2) is 25.0 Å². The van der Waals surface area contributed by atoms with Crippen LogP contribution in [0.15, 0.2) is 71.7 Å². The third kappa shape index (κ3) is 4.27. The molecule has 0 aliphatic carbocycles. The Hall–Kier alpha value is -3.02. The van der Waals surface area contributed by atoms with E-state index in [1.165, 1.54) is 0 Å². The van der Waals surface area contributed by atoms with E-state index in [0.29, 0.717) is 11.4 Å². The van der Waals surface area contributed by atoms with E-state index in [9.17, 15) is 5.11 Å². The van der Waals surface area contributed by atoms with Gasteiger partial charge in [0, 0.05) is 28.8 Å². The third-order valence-corrected chi connectivity index (χ3v) is 5.50. The minimum absolute atomic E-state index is 0.148. The number of aliphatic imine (C=N–C) groups is 1. The molecule has 3 aromatic rings. The van der Waals surface area contributed by atoms with Gasteiger partial charge in [0.05, 0.1) is 14.2 Å². The maximum Gasteiger partial charge on any atom is 0.126 e. The van der Waals surface area contributed by atoms with Crippen molar-refractivity contribution < 1.29 is 14.6 Å². The van der Waals surface area contributed by atoms with Crippen LogP contribution >= 0.6 is 11.6 Å². The van der Waals surface area contributed by atoms with E-state index in [1.54, 1.807) is 32.4 Å². The highest BCUT2D eigenvalue weighted by Crippen LogP contribution is 2.36. The van der Waals surface area contributed by atoms with Gasteiger partial charge in [0.2, 0.25) is 0 Å². The van der Waals surface area contributed by atoms with E-state index in [2.05, 4.69) is 5.32 Å². The minimum Gasteiger partial charge on any atom is -0.508 e. The Bertz CT molecular complexity index is 1050. The molecule has 2 atom stereocenters. The average molecular weight is 423 g/mol. The highest BCUT2D eigenvalue weighted by Gasteiger charge is 2.28. The minimum atomic E-state index is -0.273. The van der Waals surface area contributed by atoms with E-state index < -0.39 is 0 Å². The van der Waals surface area contributed by atoms with Crippen molar-refractivity contribution in [3.63, 3.8) is 0 Å². The number of methoxy groups -OCH3 is 2. The van der Waals surface area contributed by atoms with E-state index in [1.807, 2.05) is 48.5 Å². The van der Waals surface area contributed by atoms with Crippen LogP contribution in [0.5, 0.6) is 17.2 Å². The Labute approximate surface area is 180 Å². The zero-order valence-electron chi connectivity index (χ0n) is 16.8. The molecule has 0 spiro atoms. The molecule has 4 rings (SSSR count). The summed E-state index contributed by atoms with van der Waals surface area (Å²) in [5.74, 6) is 1.79. The molecule has 5 nitrogen and oxygen atoms in total. The fourth-order valence-electron chi connectivity index (χ4n) is 3.63. The zero-order chi connectivity index (χ0) is 21.1. The molecule has 6 heteroatoms. The highest BCUT2D eigenvalue weighted by molar-refractivity contribution is 6.30. The second-order valence-electron chi connectivity index (χ2n) is 7.11. The first-order valence-electron chi connectivity index (χ1n) is 9.67. The molecule has 1 aliphatic rings. The number of hydrogen-bond acceptors (Lipinski definition) is 5. The molecule has 0 saturated heterocycles. The molecule has 0 unspecified atom stereocenters. The van der Waals surface area contributed by atoms with E-state index in [0.717, 1.165) is 33.9 Å². The van der Waals surface area contributed by atoms with Crippen LogP contribution in [-0.2, 0) is 0 Å². The largest absolute Gasteiger partial charge is 0.508 e. The van der Waals surface area contributed by atoms with Crippen molar-refractivity contribution in [3.8, 4) is 17.2 Å². The lowest BCUT2D eigenvalue weighted by Gasteiger charge is -2.31. The highest BCUT2D eigenvalue weighted by atomic mass is 35.5. The topological polar surface area (TPSA) is 63.1 Å². The second kappa shape index (κ2) is 8.78. The van der Waals surface area contributed by atoms with Crippen molar-refractivity contribution in [2.45, 2.75) is 18.6 Å². The van der Waals surface area contributed by atoms with Crippen molar-refractivity contribution in [1.29, 1.82) is 0 Å². The first-order chi connectivity index (χ1) is 14.6. The Morgan fingerprint density at radius 1 is 0.933 bits per heavy atom. The van der Waals surface area contributed by atoms with E-state index in [4.69, 9.17) is 26.1 Å². The SMILES string of the molecule is COc1ccc(C2=N[C@@H](c3ccc(OC)cc3)N[C@H](c3cc(Cl)ccc3O)C2)cc1. The van der Waals surface area contributed by atoms with Crippen LogP contribution in [0.1, 0.15) is 35.3 Å². The maximum absolute atomic E-state index is 10.5. The molecular formula is C24H23ClN2O3. The standard InChI is InChI=1S/C24H23ClN2O3/c1-29-18-8-3-15(4-9-18)21-14-22(20-13-17(25)7-12-23(20)28)27-24(26-21)16-5-10-19(30-2)11-6-16/h3-13,22,24,27-28H,14H2,1-2H3/t22-,24+/m0/s1. The van der Waals surface area contributed by atoms with E-state index in [-0.39, 0.29) is 18.0 Å². The number of benzene rings is 3.